The van der Waals surface area contributed by atoms with Gasteiger partial charge in [-0.2, -0.15) is 4.31 Å². The number of rotatable bonds is 5. The van der Waals surface area contributed by atoms with Crippen LogP contribution in [0, 0.1) is 0 Å². The van der Waals surface area contributed by atoms with Gasteiger partial charge >= 0.3 is 0 Å². The highest BCUT2D eigenvalue weighted by molar-refractivity contribution is 9.10. The van der Waals surface area contributed by atoms with E-state index in [0.717, 1.165) is 5.57 Å². The third-order valence-electron chi connectivity index (χ3n) is 2.41. The topological polar surface area (TPSA) is 63.4 Å². The van der Waals surface area contributed by atoms with E-state index in [0.29, 0.717) is 23.2 Å². The number of sulfonamides is 1. The third kappa shape index (κ3) is 3.34. The fourth-order valence-electron chi connectivity index (χ4n) is 1.49. The quantitative estimate of drug-likeness (QED) is 0.665. The lowest BCUT2D eigenvalue weighted by Gasteiger charge is -2.20. The maximum absolute atomic E-state index is 12.4. The van der Waals surface area contributed by atoms with Gasteiger partial charge in [-0.05, 0) is 41.1 Å². The molecule has 0 aromatic heterocycles. The zero-order valence-electron chi connectivity index (χ0n) is 10.5. The Hall–Kier alpha value is -0.850. The summed E-state index contributed by atoms with van der Waals surface area (Å²) in [6.45, 7) is 8.07. The molecule has 6 heteroatoms. The Morgan fingerprint density at radius 3 is 2.56 bits per heavy atom. The molecule has 0 unspecified atom stereocenters. The van der Waals surface area contributed by atoms with Crippen LogP contribution >= 0.6 is 15.9 Å². The monoisotopic (exact) mass is 332 g/mol. The van der Waals surface area contributed by atoms with Gasteiger partial charge in [-0.1, -0.05) is 19.1 Å². The Labute approximate surface area is 117 Å². The van der Waals surface area contributed by atoms with Crippen LogP contribution in [0.2, 0.25) is 0 Å². The summed E-state index contributed by atoms with van der Waals surface area (Å²) >= 11 is 3.23. The van der Waals surface area contributed by atoms with Crippen LogP contribution in [-0.4, -0.2) is 25.8 Å². The van der Waals surface area contributed by atoms with Crippen molar-refractivity contribution in [1.82, 2.24) is 4.31 Å². The van der Waals surface area contributed by atoms with Crippen LogP contribution in [0.25, 0.3) is 0 Å². The van der Waals surface area contributed by atoms with Crippen LogP contribution in [-0.2, 0) is 10.0 Å². The van der Waals surface area contributed by atoms with Crippen LogP contribution in [0.4, 0.5) is 5.69 Å². The van der Waals surface area contributed by atoms with Crippen LogP contribution in [0.3, 0.4) is 0 Å². The lowest BCUT2D eigenvalue weighted by atomic mass is 10.3. The second-order valence-corrected chi connectivity index (χ2v) is 6.86. The summed E-state index contributed by atoms with van der Waals surface area (Å²) in [5, 5.41) is 0. The second-order valence-electron chi connectivity index (χ2n) is 4.07. The predicted molar refractivity (Wildman–Crippen MR) is 77.8 cm³/mol. The van der Waals surface area contributed by atoms with E-state index in [4.69, 9.17) is 5.73 Å². The predicted octanol–water partition coefficient (Wildman–Crippen LogP) is 2.62. The Bertz CT molecular complexity index is 555. The fraction of sp³-hybridized carbons (Fsp3) is 0.333. The minimum atomic E-state index is -3.50. The van der Waals surface area contributed by atoms with E-state index in [1.54, 1.807) is 19.9 Å². The molecule has 1 aromatic rings. The summed E-state index contributed by atoms with van der Waals surface area (Å²) in [4.78, 5) is 0.228. The van der Waals surface area contributed by atoms with Crippen molar-refractivity contribution in [1.29, 1.82) is 0 Å². The van der Waals surface area contributed by atoms with E-state index in [2.05, 4.69) is 22.5 Å². The Morgan fingerprint density at radius 1 is 1.50 bits per heavy atom. The molecule has 0 heterocycles. The molecule has 0 aliphatic rings. The van der Waals surface area contributed by atoms with E-state index in [9.17, 15) is 8.42 Å². The van der Waals surface area contributed by atoms with Gasteiger partial charge in [-0.25, -0.2) is 8.42 Å². The average molecular weight is 333 g/mol. The molecule has 0 spiro atoms. The zero-order valence-corrected chi connectivity index (χ0v) is 12.9. The van der Waals surface area contributed by atoms with Gasteiger partial charge in [0.15, 0.2) is 0 Å². The second kappa shape index (κ2) is 5.86. The zero-order chi connectivity index (χ0) is 13.9. The van der Waals surface area contributed by atoms with Crippen molar-refractivity contribution in [3.05, 3.63) is 34.8 Å². The van der Waals surface area contributed by atoms with Gasteiger partial charge < -0.3 is 5.73 Å². The molecule has 0 atom stereocenters. The summed E-state index contributed by atoms with van der Waals surface area (Å²) in [5.74, 6) is 0. The fourth-order valence-corrected chi connectivity index (χ4v) is 3.55. The molecule has 1 aromatic carbocycles. The largest absolute Gasteiger partial charge is 0.398 e. The van der Waals surface area contributed by atoms with Crippen molar-refractivity contribution in [3.8, 4) is 0 Å². The smallest absolute Gasteiger partial charge is 0.243 e. The first-order valence-electron chi connectivity index (χ1n) is 5.48. The first kappa shape index (κ1) is 15.2. The van der Waals surface area contributed by atoms with Gasteiger partial charge in [0.1, 0.15) is 0 Å². The van der Waals surface area contributed by atoms with Gasteiger partial charge in [0.05, 0.1) is 4.90 Å². The Balaban J connectivity index is 3.18. The highest BCUT2D eigenvalue weighted by Crippen LogP contribution is 2.25. The van der Waals surface area contributed by atoms with E-state index in [1.807, 2.05) is 0 Å². The molecule has 0 aliphatic carbocycles. The Kier molecular flexibility index (Phi) is 4.95. The highest BCUT2D eigenvalue weighted by atomic mass is 79.9. The van der Waals surface area contributed by atoms with Gasteiger partial charge in [0.2, 0.25) is 10.0 Å². The van der Waals surface area contributed by atoms with Crippen LogP contribution in [0.5, 0.6) is 0 Å². The van der Waals surface area contributed by atoms with Gasteiger partial charge in [0, 0.05) is 23.2 Å². The van der Waals surface area contributed by atoms with Crippen molar-refractivity contribution >= 4 is 31.6 Å². The number of hydrogen-bond acceptors (Lipinski definition) is 3. The lowest BCUT2D eigenvalue weighted by molar-refractivity contribution is 0.453. The molecule has 18 heavy (non-hydrogen) atoms. The van der Waals surface area contributed by atoms with Crippen molar-refractivity contribution in [3.63, 3.8) is 0 Å². The Morgan fingerprint density at radius 2 is 2.11 bits per heavy atom. The molecular formula is C12H17BrN2O2S. The van der Waals surface area contributed by atoms with E-state index < -0.39 is 10.0 Å². The standard InChI is InChI=1S/C12H17BrN2O2S/c1-4-15(8-9(2)3)18(16,17)10-5-6-12(14)11(13)7-10/h5-7H,2,4,8,14H2,1,3H3. The van der Waals surface area contributed by atoms with Crippen molar-refractivity contribution in [2.45, 2.75) is 18.7 Å². The molecular weight excluding hydrogens is 316 g/mol. The number of nitrogens with two attached hydrogens (primary N) is 1. The molecule has 100 valence electrons. The summed E-state index contributed by atoms with van der Waals surface area (Å²) in [7, 11) is -3.50. The van der Waals surface area contributed by atoms with Crippen molar-refractivity contribution in [2.75, 3.05) is 18.8 Å². The first-order valence-corrected chi connectivity index (χ1v) is 7.72. The molecule has 2 N–H and O–H groups in total. The molecule has 0 saturated carbocycles. The number of nitrogen functional groups attached to an aromatic ring is 1. The number of benzene rings is 1. The van der Waals surface area contributed by atoms with Crippen LogP contribution in [0.15, 0.2) is 39.7 Å². The van der Waals surface area contributed by atoms with Gasteiger partial charge in [-0.3, -0.25) is 0 Å². The normalized spacial score (nSPS) is 11.8. The van der Waals surface area contributed by atoms with Crippen molar-refractivity contribution in [2.24, 2.45) is 0 Å². The minimum absolute atomic E-state index is 0.228. The maximum atomic E-state index is 12.4. The van der Waals surface area contributed by atoms with E-state index in [1.165, 1.54) is 16.4 Å². The molecule has 4 nitrogen and oxygen atoms in total. The van der Waals surface area contributed by atoms with Crippen LogP contribution in [0.1, 0.15) is 13.8 Å². The average Bonchev–Trinajstić information content (AvgIpc) is 2.28. The van der Waals surface area contributed by atoms with Gasteiger partial charge in [0.25, 0.3) is 0 Å². The lowest BCUT2D eigenvalue weighted by Crippen LogP contribution is -2.32. The number of halogens is 1. The summed E-state index contributed by atoms with van der Waals surface area (Å²) in [5.41, 5.74) is 6.96. The van der Waals surface area contributed by atoms with E-state index in [-0.39, 0.29) is 4.90 Å². The molecule has 0 fully saturated rings. The molecule has 0 aliphatic heterocycles. The third-order valence-corrected chi connectivity index (χ3v) is 5.01. The van der Waals surface area contributed by atoms with Crippen molar-refractivity contribution < 1.29 is 8.42 Å². The summed E-state index contributed by atoms with van der Waals surface area (Å²) in [6.07, 6.45) is 0. The number of nitrogens with zero attached hydrogens (tertiary/aromatic N) is 1. The summed E-state index contributed by atoms with van der Waals surface area (Å²) < 4.78 is 26.7. The molecule has 0 saturated heterocycles. The van der Waals surface area contributed by atoms with Gasteiger partial charge in [-0.15, -0.1) is 0 Å². The number of hydrogen-bond donors (Lipinski definition) is 1. The molecule has 0 radical (unpaired) electrons. The van der Waals surface area contributed by atoms with Crippen LogP contribution < -0.4 is 5.73 Å². The summed E-state index contributed by atoms with van der Waals surface area (Å²) in [6, 6.07) is 4.60. The first-order chi connectivity index (χ1) is 8.28. The molecule has 0 bridgehead atoms. The SMILES string of the molecule is C=C(C)CN(CC)S(=O)(=O)c1ccc(N)c(Br)c1. The molecule has 0 amide bonds. The molecule has 1 rings (SSSR count). The number of anilines is 1. The maximum Gasteiger partial charge on any atom is 0.243 e. The number of likely N-dealkylation sites (N-methyl/N-ethyl adjacent to an activating group) is 1. The highest BCUT2D eigenvalue weighted by Gasteiger charge is 2.23. The van der Waals surface area contributed by atoms with E-state index >= 15 is 0 Å². The minimum Gasteiger partial charge on any atom is -0.398 e.